The highest BCUT2D eigenvalue weighted by Gasteiger charge is 2.19. The number of nitrogens with zero attached hydrogens (tertiary/aromatic N) is 3. The highest BCUT2D eigenvalue weighted by atomic mass is 32.1. The van der Waals surface area contributed by atoms with Gasteiger partial charge in [0, 0.05) is 64.6 Å². The van der Waals surface area contributed by atoms with Crippen LogP contribution in [0.15, 0.2) is 205 Å². The van der Waals surface area contributed by atoms with E-state index in [1.807, 2.05) is 47.7 Å². The van der Waals surface area contributed by atoms with Crippen molar-refractivity contribution in [3.05, 3.63) is 200 Å². The molecule has 272 valence electrons. The first-order chi connectivity index (χ1) is 28.7. The highest BCUT2D eigenvalue weighted by Crippen LogP contribution is 2.43. The van der Waals surface area contributed by atoms with Gasteiger partial charge in [0.25, 0.3) is 0 Å². The lowest BCUT2D eigenvalue weighted by atomic mass is 10.00. The lowest BCUT2D eigenvalue weighted by Gasteiger charge is -2.26. The molecule has 0 bridgehead atoms. The van der Waals surface area contributed by atoms with Crippen molar-refractivity contribution < 1.29 is 4.42 Å². The second-order valence-corrected chi connectivity index (χ2v) is 15.9. The van der Waals surface area contributed by atoms with E-state index in [0.29, 0.717) is 5.89 Å². The minimum absolute atomic E-state index is 0.633. The summed E-state index contributed by atoms with van der Waals surface area (Å²) in [5.41, 5.74) is 11.7. The molecule has 12 rings (SSSR count). The third kappa shape index (κ3) is 5.25. The number of para-hydroxylation sites is 2. The predicted molar refractivity (Wildman–Crippen MR) is 244 cm³/mol. The number of hydrogen-bond donors (Lipinski definition) is 0. The standard InChI is InChI=1S/C53H33N3OS/c1-3-11-36(12-4-1)53-54-52-46-31-37(20-19-35(46)23-30-49(52)57-53)34-21-24-39(25-22-34)55(41-27-29-45-44-16-8-10-18-50(44)58-51(45)33-41)40-26-28-43-42-15-7-9-17-47(42)56(48(43)32-40)38-13-5-2-6-14-38/h1-33H. The Hall–Kier alpha value is -7.47. The van der Waals surface area contributed by atoms with Crippen molar-refractivity contribution in [3.8, 4) is 28.3 Å². The summed E-state index contributed by atoms with van der Waals surface area (Å²) in [5.74, 6) is 0.633. The Balaban J connectivity index is 1.01. The van der Waals surface area contributed by atoms with Crippen molar-refractivity contribution in [2.24, 2.45) is 0 Å². The molecular weight excluding hydrogens is 727 g/mol. The summed E-state index contributed by atoms with van der Waals surface area (Å²) in [6.45, 7) is 0. The quantitative estimate of drug-likeness (QED) is 0.169. The minimum atomic E-state index is 0.633. The summed E-state index contributed by atoms with van der Waals surface area (Å²) < 4.78 is 11.2. The zero-order valence-corrected chi connectivity index (χ0v) is 32.0. The van der Waals surface area contributed by atoms with Gasteiger partial charge in [-0.2, -0.15) is 0 Å². The van der Waals surface area contributed by atoms with Crippen molar-refractivity contribution >= 4 is 92.2 Å². The molecule has 0 atom stereocenters. The van der Waals surface area contributed by atoms with Gasteiger partial charge in [0.05, 0.1) is 11.0 Å². The number of oxazole rings is 1. The lowest BCUT2D eigenvalue weighted by molar-refractivity contribution is 0.620. The van der Waals surface area contributed by atoms with Gasteiger partial charge in [0.15, 0.2) is 5.58 Å². The Morgan fingerprint density at radius 1 is 0.431 bits per heavy atom. The molecule has 58 heavy (non-hydrogen) atoms. The molecule has 0 aliphatic heterocycles. The van der Waals surface area contributed by atoms with Crippen LogP contribution in [0.4, 0.5) is 17.1 Å². The Labute approximate surface area is 338 Å². The van der Waals surface area contributed by atoms with Gasteiger partial charge < -0.3 is 13.9 Å². The average molecular weight is 760 g/mol. The van der Waals surface area contributed by atoms with Gasteiger partial charge in [-0.15, -0.1) is 11.3 Å². The highest BCUT2D eigenvalue weighted by molar-refractivity contribution is 7.25. The molecule has 0 aliphatic carbocycles. The normalized spacial score (nSPS) is 11.8. The van der Waals surface area contributed by atoms with Gasteiger partial charge in [-0.1, -0.05) is 115 Å². The van der Waals surface area contributed by atoms with E-state index in [0.717, 1.165) is 61.3 Å². The van der Waals surface area contributed by atoms with E-state index >= 15 is 0 Å². The Bertz CT molecular complexity index is 3510. The number of thiophene rings is 1. The minimum Gasteiger partial charge on any atom is -0.436 e. The van der Waals surface area contributed by atoms with E-state index in [1.165, 1.54) is 42.0 Å². The number of rotatable bonds is 6. The van der Waals surface area contributed by atoms with Crippen LogP contribution in [-0.2, 0) is 0 Å². The summed E-state index contributed by atoms with van der Waals surface area (Å²) in [4.78, 5) is 7.37. The van der Waals surface area contributed by atoms with Crippen LogP contribution in [0, 0.1) is 0 Å². The van der Waals surface area contributed by atoms with Crippen LogP contribution in [-0.4, -0.2) is 9.55 Å². The Morgan fingerprint density at radius 2 is 1.07 bits per heavy atom. The number of hydrogen-bond acceptors (Lipinski definition) is 4. The first kappa shape index (κ1) is 32.7. The molecule has 0 N–H and O–H groups in total. The molecule has 0 amide bonds. The first-order valence-electron chi connectivity index (χ1n) is 19.5. The number of benzene rings is 9. The molecule has 0 fully saturated rings. The van der Waals surface area contributed by atoms with Crippen molar-refractivity contribution in [2.75, 3.05) is 4.90 Å². The topological polar surface area (TPSA) is 34.2 Å². The van der Waals surface area contributed by atoms with E-state index in [4.69, 9.17) is 9.40 Å². The summed E-state index contributed by atoms with van der Waals surface area (Å²) in [6, 6.07) is 71.7. The van der Waals surface area contributed by atoms with Crippen LogP contribution in [0.1, 0.15) is 0 Å². The average Bonchev–Trinajstić information content (AvgIpc) is 3.99. The molecule has 0 saturated carbocycles. The molecule has 4 nitrogen and oxygen atoms in total. The smallest absolute Gasteiger partial charge is 0.227 e. The van der Waals surface area contributed by atoms with Crippen LogP contribution < -0.4 is 4.90 Å². The summed E-state index contributed by atoms with van der Waals surface area (Å²) in [5, 5.41) is 7.26. The lowest BCUT2D eigenvalue weighted by Crippen LogP contribution is -2.10. The molecule has 9 aromatic carbocycles. The maximum absolute atomic E-state index is 6.24. The molecular formula is C53H33N3OS. The summed E-state index contributed by atoms with van der Waals surface area (Å²) >= 11 is 1.85. The largest absolute Gasteiger partial charge is 0.436 e. The maximum atomic E-state index is 6.24. The van der Waals surface area contributed by atoms with Gasteiger partial charge in [-0.05, 0) is 101 Å². The van der Waals surface area contributed by atoms with Gasteiger partial charge in [0.2, 0.25) is 5.89 Å². The molecule has 0 saturated heterocycles. The van der Waals surface area contributed by atoms with Gasteiger partial charge in [0.1, 0.15) is 5.52 Å². The summed E-state index contributed by atoms with van der Waals surface area (Å²) in [7, 11) is 0. The molecule has 0 aliphatic rings. The van der Waals surface area contributed by atoms with Crippen LogP contribution in [0.5, 0.6) is 0 Å². The monoisotopic (exact) mass is 759 g/mol. The first-order valence-corrected chi connectivity index (χ1v) is 20.3. The molecule has 0 spiro atoms. The van der Waals surface area contributed by atoms with E-state index in [2.05, 4.69) is 173 Å². The van der Waals surface area contributed by atoms with E-state index in [1.54, 1.807) is 0 Å². The molecule has 5 heteroatoms. The van der Waals surface area contributed by atoms with Crippen LogP contribution in [0.25, 0.3) is 92.1 Å². The van der Waals surface area contributed by atoms with Gasteiger partial charge in [-0.3, -0.25) is 0 Å². The van der Waals surface area contributed by atoms with E-state index in [9.17, 15) is 0 Å². The second-order valence-electron chi connectivity index (χ2n) is 14.8. The molecule has 3 heterocycles. The number of anilines is 3. The van der Waals surface area contributed by atoms with Crippen LogP contribution in [0.3, 0.4) is 0 Å². The van der Waals surface area contributed by atoms with E-state index < -0.39 is 0 Å². The second kappa shape index (κ2) is 13.1. The fraction of sp³-hybridized carbons (Fsp3) is 0. The maximum Gasteiger partial charge on any atom is 0.227 e. The van der Waals surface area contributed by atoms with Crippen molar-refractivity contribution in [1.29, 1.82) is 0 Å². The molecule has 3 aromatic heterocycles. The van der Waals surface area contributed by atoms with Gasteiger partial charge in [-0.25, -0.2) is 4.98 Å². The fourth-order valence-electron chi connectivity index (χ4n) is 8.65. The van der Waals surface area contributed by atoms with Crippen LogP contribution >= 0.6 is 11.3 Å². The summed E-state index contributed by atoms with van der Waals surface area (Å²) in [6.07, 6.45) is 0. The third-order valence-electron chi connectivity index (χ3n) is 11.4. The molecule has 0 unspecified atom stereocenters. The zero-order chi connectivity index (χ0) is 38.2. The SMILES string of the molecule is c1ccc(-c2nc3c(ccc4ccc(-c5ccc(N(c6ccc7c(c6)sc6ccccc67)c6ccc7c8ccccc8n(-c8ccccc8)c7c6)cc5)cc43)o2)cc1. The fourth-order valence-corrected chi connectivity index (χ4v) is 9.79. The third-order valence-corrected chi connectivity index (χ3v) is 12.5. The van der Waals surface area contributed by atoms with E-state index in [-0.39, 0.29) is 0 Å². The van der Waals surface area contributed by atoms with Crippen molar-refractivity contribution in [3.63, 3.8) is 0 Å². The van der Waals surface area contributed by atoms with Gasteiger partial charge >= 0.3 is 0 Å². The number of aromatic nitrogens is 2. The van der Waals surface area contributed by atoms with Crippen LogP contribution in [0.2, 0.25) is 0 Å². The molecule has 0 radical (unpaired) electrons. The van der Waals surface area contributed by atoms with Crippen molar-refractivity contribution in [1.82, 2.24) is 9.55 Å². The Morgan fingerprint density at radius 3 is 1.91 bits per heavy atom. The Kier molecular flexibility index (Phi) is 7.37. The zero-order valence-electron chi connectivity index (χ0n) is 31.2. The predicted octanol–water partition coefficient (Wildman–Crippen LogP) is 15.2. The molecule has 12 aromatic rings. The van der Waals surface area contributed by atoms with Crippen molar-refractivity contribution in [2.45, 2.75) is 0 Å². The number of fused-ring (bicyclic) bond motifs is 9.